The van der Waals surface area contributed by atoms with Gasteiger partial charge in [0.05, 0.1) is 10.9 Å². The monoisotopic (exact) mass is 446 g/mol. The first-order chi connectivity index (χ1) is 16.6. The molecule has 0 unspecified atom stereocenters. The number of pyridine rings is 1. The molecule has 34 heavy (non-hydrogen) atoms. The van der Waals surface area contributed by atoms with Crippen molar-refractivity contribution >= 4 is 32.3 Å². The molecule has 0 atom stereocenters. The zero-order valence-corrected chi connectivity index (χ0v) is 19.9. The quantitative estimate of drug-likeness (QED) is 0.196. The Morgan fingerprint density at radius 3 is 2.32 bits per heavy atom. The first kappa shape index (κ1) is 20.0. The van der Waals surface area contributed by atoms with E-state index >= 15 is 0 Å². The fraction of sp³-hybridized carbons (Fsp3) is 0.258. The molecule has 0 amide bonds. The van der Waals surface area contributed by atoms with Crippen LogP contribution in [0.1, 0.15) is 35.4 Å². The van der Waals surface area contributed by atoms with Crippen LogP contribution < -0.4 is 9.30 Å². The summed E-state index contributed by atoms with van der Waals surface area (Å²) in [4.78, 5) is 0. The summed E-state index contributed by atoms with van der Waals surface area (Å²) in [6.07, 6.45) is 4.37. The van der Waals surface area contributed by atoms with E-state index in [2.05, 4.69) is 86.3 Å². The first-order valence-corrected chi connectivity index (χ1v) is 12.3. The predicted molar refractivity (Wildman–Crippen MR) is 138 cm³/mol. The molecule has 3 heteroatoms. The smallest absolute Gasteiger partial charge is 0.228 e. The second-order valence-electron chi connectivity index (χ2n) is 9.87. The van der Waals surface area contributed by atoms with Crippen LogP contribution in [0.25, 0.3) is 43.6 Å². The van der Waals surface area contributed by atoms with Gasteiger partial charge in [0.2, 0.25) is 5.69 Å². The minimum Gasteiger partial charge on any atom is -0.455 e. The van der Waals surface area contributed by atoms with Crippen LogP contribution in [0.2, 0.25) is 0 Å². The van der Waals surface area contributed by atoms with Crippen molar-refractivity contribution in [1.82, 2.24) is 0 Å². The number of aryl methyl sites for hydroxylation is 3. The third-order valence-electron chi connectivity index (χ3n) is 8.06. The standard InChI is InChI=1S/C31H28NO2/c1-18-21-7-4-5-8-22(21)19(2)31-28(18)30-29-25(11-14-32(30)3)24-10-6-9-23(20-12-15-33-16-13-20)26(24)17-27(29)34-31/h4-11,14,17,20H,12-13,15-16H2,1-3H3/q+1. The van der Waals surface area contributed by atoms with Gasteiger partial charge in [0, 0.05) is 30.2 Å². The normalized spacial score (nSPS) is 15.6. The molecular weight excluding hydrogens is 418 g/mol. The average molecular weight is 447 g/mol. The van der Waals surface area contributed by atoms with Gasteiger partial charge >= 0.3 is 0 Å². The zero-order valence-electron chi connectivity index (χ0n) is 19.9. The topological polar surface area (TPSA) is 22.3 Å². The number of aromatic nitrogens is 1. The Bertz CT molecular complexity index is 1640. The highest BCUT2D eigenvalue weighted by Crippen LogP contribution is 2.52. The minimum atomic E-state index is 0.533. The number of nitrogens with zero attached hydrogens (tertiary/aromatic N) is 1. The van der Waals surface area contributed by atoms with Crippen molar-refractivity contribution in [1.29, 1.82) is 0 Å². The predicted octanol–water partition coefficient (Wildman–Crippen LogP) is 7.25. The molecule has 5 aromatic rings. The van der Waals surface area contributed by atoms with Crippen molar-refractivity contribution in [2.45, 2.75) is 32.6 Å². The van der Waals surface area contributed by atoms with Crippen molar-refractivity contribution < 1.29 is 14.0 Å². The molecule has 0 bridgehead atoms. The van der Waals surface area contributed by atoms with Gasteiger partial charge in [-0.05, 0) is 71.3 Å². The molecule has 2 aliphatic rings. The van der Waals surface area contributed by atoms with Crippen LogP contribution in [0, 0.1) is 13.8 Å². The van der Waals surface area contributed by atoms with Gasteiger partial charge in [-0.3, -0.25) is 0 Å². The summed E-state index contributed by atoms with van der Waals surface area (Å²) in [5.74, 6) is 2.50. The summed E-state index contributed by atoms with van der Waals surface area (Å²) in [5, 5.41) is 7.67. The second kappa shape index (κ2) is 7.28. The van der Waals surface area contributed by atoms with E-state index in [9.17, 15) is 0 Å². The van der Waals surface area contributed by atoms with Gasteiger partial charge in [-0.25, -0.2) is 4.57 Å². The van der Waals surface area contributed by atoms with Gasteiger partial charge in [-0.15, -0.1) is 0 Å². The number of hydrogen-bond donors (Lipinski definition) is 0. The van der Waals surface area contributed by atoms with Crippen molar-refractivity contribution in [2.24, 2.45) is 7.05 Å². The molecule has 3 nitrogen and oxygen atoms in total. The number of hydrogen-bond acceptors (Lipinski definition) is 2. The fourth-order valence-electron chi connectivity index (χ4n) is 6.33. The van der Waals surface area contributed by atoms with E-state index in [0.717, 1.165) is 37.6 Å². The number of fused-ring (bicyclic) bond motifs is 5. The van der Waals surface area contributed by atoms with E-state index in [1.165, 1.54) is 60.3 Å². The van der Waals surface area contributed by atoms with E-state index in [4.69, 9.17) is 9.47 Å². The highest BCUT2D eigenvalue weighted by molar-refractivity contribution is 6.16. The molecule has 7 rings (SSSR count). The highest BCUT2D eigenvalue weighted by Gasteiger charge is 2.33. The summed E-state index contributed by atoms with van der Waals surface area (Å²) >= 11 is 0. The minimum absolute atomic E-state index is 0.533. The maximum absolute atomic E-state index is 6.84. The highest BCUT2D eigenvalue weighted by atomic mass is 16.5. The lowest BCUT2D eigenvalue weighted by atomic mass is 9.85. The van der Waals surface area contributed by atoms with E-state index in [-0.39, 0.29) is 0 Å². The molecule has 0 spiro atoms. The van der Waals surface area contributed by atoms with Gasteiger partial charge in [0.15, 0.2) is 6.20 Å². The molecule has 0 aliphatic carbocycles. The van der Waals surface area contributed by atoms with Gasteiger partial charge in [0.25, 0.3) is 0 Å². The summed E-state index contributed by atoms with van der Waals surface area (Å²) in [6, 6.07) is 20.1. The first-order valence-electron chi connectivity index (χ1n) is 12.3. The Kier molecular flexibility index (Phi) is 4.28. The van der Waals surface area contributed by atoms with Gasteiger partial charge in [0.1, 0.15) is 18.5 Å². The zero-order chi connectivity index (χ0) is 23.0. The summed E-state index contributed by atoms with van der Waals surface area (Å²) in [5.41, 5.74) is 6.38. The largest absolute Gasteiger partial charge is 0.455 e. The lowest BCUT2D eigenvalue weighted by Crippen LogP contribution is -2.32. The van der Waals surface area contributed by atoms with Crippen LogP contribution in [-0.4, -0.2) is 13.2 Å². The SMILES string of the molecule is Cc1c2c(c(C)c3ccccc13)-c1c3c(cc4c(C5CCOCC5)cccc4c3cc[n+]1C)O2. The summed E-state index contributed by atoms with van der Waals surface area (Å²) in [6.45, 7) is 6.12. The molecule has 0 N–H and O–H groups in total. The molecule has 0 saturated carbocycles. The molecule has 1 aromatic heterocycles. The fourth-order valence-corrected chi connectivity index (χ4v) is 6.33. The van der Waals surface area contributed by atoms with E-state index in [1.54, 1.807) is 0 Å². The lowest BCUT2D eigenvalue weighted by Gasteiger charge is -2.27. The summed E-state index contributed by atoms with van der Waals surface area (Å²) < 4.78 is 14.8. The molecule has 1 fully saturated rings. The van der Waals surface area contributed by atoms with Gasteiger partial charge in [-0.2, -0.15) is 0 Å². The lowest BCUT2D eigenvalue weighted by molar-refractivity contribution is -0.659. The maximum atomic E-state index is 6.84. The van der Waals surface area contributed by atoms with Crippen molar-refractivity contribution in [3.05, 3.63) is 77.5 Å². The average Bonchev–Trinajstić information content (AvgIpc) is 2.88. The van der Waals surface area contributed by atoms with Crippen molar-refractivity contribution in [2.75, 3.05) is 13.2 Å². The molecule has 168 valence electrons. The van der Waals surface area contributed by atoms with Gasteiger partial charge in [-0.1, -0.05) is 42.5 Å². The Labute approximate surface area is 199 Å². The Hall–Kier alpha value is -3.43. The Balaban J connectivity index is 1.60. The number of benzene rings is 4. The van der Waals surface area contributed by atoms with E-state index < -0.39 is 0 Å². The summed E-state index contributed by atoms with van der Waals surface area (Å²) in [7, 11) is 2.15. The third kappa shape index (κ3) is 2.65. The molecule has 0 radical (unpaired) electrons. The second-order valence-corrected chi connectivity index (χ2v) is 9.87. The van der Waals surface area contributed by atoms with Crippen LogP contribution >= 0.6 is 0 Å². The molecule has 3 heterocycles. The molecular formula is C31H28NO2+. The number of rotatable bonds is 1. The van der Waals surface area contributed by atoms with Crippen LogP contribution in [0.4, 0.5) is 0 Å². The van der Waals surface area contributed by atoms with Crippen LogP contribution in [0.15, 0.2) is 60.8 Å². The number of ether oxygens (including phenoxy) is 2. The van der Waals surface area contributed by atoms with Crippen molar-refractivity contribution in [3.63, 3.8) is 0 Å². The van der Waals surface area contributed by atoms with Crippen LogP contribution in [0.3, 0.4) is 0 Å². The van der Waals surface area contributed by atoms with Crippen LogP contribution in [0.5, 0.6) is 11.5 Å². The van der Waals surface area contributed by atoms with E-state index in [0.29, 0.717) is 5.92 Å². The van der Waals surface area contributed by atoms with Gasteiger partial charge < -0.3 is 9.47 Å². The molecule has 1 saturated heterocycles. The Morgan fingerprint density at radius 2 is 1.53 bits per heavy atom. The molecule has 2 aliphatic heterocycles. The molecule has 4 aromatic carbocycles. The van der Waals surface area contributed by atoms with E-state index in [1.807, 2.05) is 0 Å². The maximum Gasteiger partial charge on any atom is 0.228 e. The third-order valence-corrected chi connectivity index (χ3v) is 8.06. The Morgan fingerprint density at radius 1 is 0.794 bits per heavy atom. The van der Waals surface area contributed by atoms with Crippen molar-refractivity contribution in [3.8, 4) is 22.8 Å². The van der Waals surface area contributed by atoms with Crippen LogP contribution in [-0.2, 0) is 11.8 Å².